The molecule has 0 bridgehead atoms. The van der Waals surface area contributed by atoms with Gasteiger partial charge in [-0.05, 0) is 39.7 Å². The summed E-state index contributed by atoms with van der Waals surface area (Å²) in [6.45, 7) is 5.94. The van der Waals surface area contributed by atoms with Crippen molar-refractivity contribution in [2.24, 2.45) is 0 Å². The molecule has 13 heavy (non-hydrogen) atoms. The Morgan fingerprint density at radius 1 is 1.23 bits per heavy atom. The van der Waals surface area contributed by atoms with Crippen LogP contribution in [0.1, 0.15) is 33.6 Å². The van der Waals surface area contributed by atoms with Crippen LogP contribution in [0.5, 0.6) is 0 Å². The minimum Gasteiger partial charge on any atom is -0.294 e. The Labute approximate surface area is 79.3 Å². The number of carbonyl (C=O) groups excluding carboxylic acids is 2. The molecule has 2 nitrogen and oxygen atoms in total. The second-order valence-corrected chi connectivity index (χ2v) is 3.33. The lowest BCUT2D eigenvalue weighted by molar-refractivity contribution is -0.126. The smallest absolute Gasteiger partial charge is 0.218 e. The summed E-state index contributed by atoms with van der Waals surface area (Å²) in [5.41, 5.74) is 2.23. The number of carbonyl (C=O) groups is 2. The predicted molar refractivity (Wildman–Crippen MR) is 53.5 cm³/mol. The maximum Gasteiger partial charge on any atom is 0.218 e. The Morgan fingerprint density at radius 3 is 2.31 bits per heavy atom. The fourth-order valence-electron chi connectivity index (χ4n) is 0.938. The van der Waals surface area contributed by atoms with Crippen LogP contribution in [0.2, 0.25) is 0 Å². The van der Waals surface area contributed by atoms with Crippen LogP contribution >= 0.6 is 0 Å². The lowest BCUT2D eigenvalue weighted by Gasteiger charge is -1.96. The zero-order valence-electron chi connectivity index (χ0n) is 8.46. The third-order valence-electron chi connectivity index (χ3n) is 1.60. The topological polar surface area (TPSA) is 34.1 Å². The van der Waals surface area contributed by atoms with Gasteiger partial charge in [-0.1, -0.05) is 17.2 Å². The van der Waals surface area contributed by atoms with E-state index in [1.54, 1.807) is 0 Å². The summed E-state index contributed by atoms with van der Waals surface area (Å²) >= 11 is 0. The van der Waals surface area contributed by atoms with Crippen LogP contribution in [0, 0.1) is 0 Å². The molecule has 0 fully saturated rings. The SMILES string of the molecule is CC(C)=CCC/C(C)=C\C(=O)C=O. The first kappa shape index (κ1) is 11.8. The first-order valence-corrected chi connectivity index (χ1v) is 4.36. The summed E-state index contributed by atoms with van der Waals surface area (Å²) in [5.74, 6) is -0.449. The van der Waals surface area contributed by atoms with Crippen molar-refractivity contribution >= 4 is 12.1 Å². The minimum atomic E-state index is -0.449. The molecule has 0 saturated carbocycles. The van der Waals surface area contributed by atoms with Crippen LogP contribution in [0.4, 0.5) is 0 Å². The highest BCUT2D eigenvalue weighted by atomic mass is 16.2. The Balaban J connectivity index is 3.93. The summed E-state index contributed by atoms with van der Waals surface area (Å²) in [6.07, 6.45) is 5.61. The van der Waals surface area contributed by atoms with E-state index >= 15 is 0 Å². The quantitative estimate of drug-likeness (QED) is 0.282. The van der Waals surface area contributed by atoms with E-state index in [0.717, 1.165) is 18.4 Å². The molecule has 2 heteroatoms. The lowest BCUT2D eigenvalue weighted by Crippen LogP contribution is -1.94. The monoisotopic (exact) mass is 180 g/mol. The summed E-state index contributed by atoms with van der Waals surface area (Å²) in [7, 11) is 0. The fraction of sp³-hybridized carbons (Fsp3) is 0.455. The average Bonchev–Trinajstić information content (AvgIpc) is 2.03. The van der Waals surface area contributed by atoms with Crippen molar-refractivity contribution in [2.75, 3.05) is 0 Å². The third-order valence-corrected chi connectivity index (χ3v) is 1.60. The van der Waals surface area contributed by atoms with Crippen molar-refractivity contribution in [3.8, 4) is 0 Å². The van der Waals surface area contributed by atoms with Crippen LogP contribution in [0.15, 0.2) is 23.3 Å². The van der Waals surface area contributed by atoms with Crippen LogP contribution in [0.3, 0.4) is 0 Å². The number of allylic oxidation sites excluding steroid dienone is 4. The minimum absolute atomic E-state index is 0.338. The Hall–Kier alpha value is -1.18. The number of hydrogen-bond donors (Lipinski definition) is 0. The van der Waals surface area contributed by atoms with Gasteiger partial charge in [-0.25, -0.2) is 0 Å². The molecule has 0 aliphatic heterocycles. The molecule has 0 aliphatic carbocycles. The molecule has 0 saturated heterocycles. The number of aldehydes is 1. The second kappa shape index (κ2) is 6.35. The molecular formula is C11H16O2. The molecule has 0 atom stereocenters. The lowest BCUT2D eigenvalue weighted by atomic mass is 10.1. The van der Waals surface area contributed by atoms with E-state index in [1.165, 1.54) is 11.6 Å². The zero-order chi connectivity index (χ0) is 10.3. The van der Waals surface area contributed by atoms with Crippen molar-refractivity contribution in [3.63, 3.8) is 0 Å². The second-order valence-electron chi connectivity index (χ2n) is 3.33. The van der Waals surface area contributed by atoms with Crippen molar-refractivity contribution in [1.29, 1.82) is 0 Å². The van der Waals surface area contributed by atoms with Gasteiger partial charge < -0.3 is 0 Å². The maximum absolute atomic E-state index is 10.7. The predicted octanol–water partition coefficient (Wildman–Crippen LogP) is 2.45. The van der Waals surface area contributed by atoms with E-state index in [-0.39, 0.29) is 0 Å². The van der Waals surface area contributed by atoms with Crippen LogP contribution in [-0.4, -0.2) is 12.1 Å². The van der Waals surface area contributed by atoms with Gasteiger partial charge in [0, 0.05) is 0 Å². The first-order chi connectivity index (χ1) is 6.06. The summed E-state index contributed by atoms with van der Waals surface area (Å²) in [6, 6.07) is 0. The van der Waals surface area contributed by atoms with Crippen molar-refractivity contribution in [1.82, 2.24) is 0 Å². The van der Waals surface area contributed by atoms with Crippen molar-refractivity contribution in [3.05, 3.63) is 23.3 Å². The van der Waals surface area contributed by atoms with Crippen molar-refractivity contribution < 1.29 is 9.59 Å². The summed E-state index contributed by atoms with van der Waals surface area (Å²) in [4.78, 5) is 20.7. The largest absolute Gasteiger partial charge is 0.294 e. The molecule has 0 N–H and O–H groups in total. The van der Waals surface area contributed by atoms with Crippen LogP contribution < -0.4 is 0 Å². The van der Waals surface area contributed by atoms with E-state index in [2.05, 4.69) is 6.08 Å². The Bertz CT molecular complexity index is 243. The molecule has 0 heterocycles. The summed E-state index contributed by atoms with van der Waals surface area (Å²) < 4.78 is 0. The van der Waals surface area contributed by atoms with Crippen molar-refractivity contribution in [2.45, 2.75) is 33.6 Å². The van der Waals surface area contributed by atoms with Gasteiger partial charge in [0.25, 0.3) is 0 Å². The van der Waals surface area contributed by atoms with E-state index in [4.69, 9.17) is 0 Å². The zero-order valence-corrected chi connectivity index (χ0v) is 8.46. The standard InChI is InChI=1S/C11H16O2/c1-9(2)5-4-6-10(3)7-11(13)8-12/h5,7-8H,4,6H2,1-3H3/b10-7-. The molecule has 0 aromatic rings. The molecule has 0 aliphatic rings. The van der Waals surface area contributed by atoms with Gasteiger partial charge in [0.15, 0.2) is 6.29 Å². The maximum atomic E-state index is 10.7. The molecule has 0 amide bonds. The molecule has 0 unspecified atom stereocenters. The molecule has 0 aromatic carbocycles. The van der Waals surface area contributed by atoms with E-state index in [0.29, 0.717) is 6.29 Å². The number of ketones is 1. The van der Waals surface area contributed by atoms with E-state index in [1.807, 2.05) is 20.8 Å². The summed E-state index contributed by atoms with van der Waals surface area (Å²) in [5, 5.41) is 0. The average molecular weight is 180 g/mol. The molecule has 72 valence electrons. The highest BCUT2D eigenvalue weighted by Crippen LogP contribution is 2.05. The third kappa shape index (κ3) is 7.19. The molecule has 0 radical (unpaired) electrons. The van der Waals surface area contributed by atoms with Gasteiger partial charge in [0.1, 0.15) is 0 Å². The van der Waals surface area contributed by atoms with Gasteiger partial charge >= 0.3 is 0 Å². The van der Waals surface area contributed by atoms with Gasteiger partial charge in [0.2, 0.25) is 5.78 Å². The van der Waals surface area contributed by atoms with E-state index < -0.39 is 5.78 Å². The molecule has 0 spiro atoms. The van der Waals surface area contributed by atoms with Gasteiger partial charge in [-0.15, -0.1) is 0 Å². The van der Waals surface area contributed by atoms with Crippen LogP contribution in [0.25, 0.3) is 0 Å². The van der Waals surface area contributed by atoms with Gasteiger partial charge in [0.05, 0.1) is 0 Å². The van der Waals surface area contributed by atoms with Gasteiger partial charge in [-0.3, -0.25) is 9.59 Å². The van der Waals surface area contributed by atoms with Crippen LogP contribution in [-0.2, 0) is 9.59 Å². The fourth-order valence-corrected chi connectivity index (χ4v) is 0.938. The Morgan fingerprint density at radius 2 is 1.85 bits per heavy atom. The molecule has 0 rings (SSSR count). The molecular weight excluding hydrogens is 164 g/mol. The Kier molecular flexibility index (Phi) is 5.77. The molecule has 0 aromatic heterocycles. The number of hydrogen-bond acceptors (Lipinski definition) is 2. The van der Waals surface area contributed by atoms with E-state index in [9.17, 15) is 9.59 Å². The first-order valence-electron chi connectivity index (χ1n) is 4.36. The normalized spacial score (nSPS) is 10.8. The number of rotatable bonds is 5. The highest BCUT2D eigenvalue weighted by molar-refractivity contribution is 6.30. The van der Waals surface area contributed by atoms with Gasteiger partial charge in [-0.2, -0.15) is 0 Å². The highest BCUT2D eigenvalue weighted by Gasteiger charge is 1.94.